The summed E-state index contributed by atoms with van der Waals surface area (Å²) in [6, 6.07) is 9.51. The van der Waals surface area contributed by atoms with Gasteiger partial charge >= 0.3 is 6.18 Å². The molecule has 2 aromatic heterocycles. The van der Waals surface area contributed by atoms with Gasteiger partial charge < -0.3 is 0 Å². The molecule has 2 aliphatic carbocycles. The third kappa shape index (κ3) is 5.40. The first-order valence-corrected chi connectivity index (χ1v) is 14.0. The summed E-state index contributed by atoms with van der Waals surface area (Å²) in [7, 11) is -4.57. The minimum absolute atomic E-state index is 0.0127. The minimum Gasteiger partial charge on any atom is -0.265 e. The van der Waals surface area contributed by atoms with Gasteiger partial charge in [0.25, 0.3) is 0 Å². The van der Waals surface area contributed by atoms with Crippen molar-refractivity contribution in [3.05, 3.63) is 83.2 Å². The number of benzene rings is 1. The molecule has 0 amide bonds. The molecule has 0 aliphatic heterocycles. The molecule has 0 radical (unpaired) electrons. The van der Waals surface area contributed by atoms with Gasteiger partial charge in [-0.3, -0.25) is 4.98 Å². The standard InChI is InChI=1S/C27H28F4N4O2S/c1-26-15-20-16-33-35(24-6-4-23(28)5-7-24)25(20)14-21(26)2-3-22(26)17-34(38(36,37)18-27(29,30)31)13-10-19-8-11-32-12-9-19/h4-9,11-12,14,16,22H,2-3,10,13,15,17-18H2,1H3/t22-,26+/m1/s1. The molecule has 202 valence electrons. The lowest BCUT2D eigenvalue weighted by Crippen LogP contribution is -2.44. The summed E-state index contributed by atoms with van der Waals surface area (Å²) in [5, 5.41) is 4.50. The highest BCUT2D eigenvalue weighted by Crippen LogP contribution is 2.53. The van der Waals surface area contributed by atoms with E-state index in [1.165, 1.54) is 12.1 Å². The molecule has 0 spiro atoms. The van der Waals surface area contributed by atoms with Crippen LogP contribution < -0.4 is 0 Å². The van der Waals surface area contributed by atoms with Gasteiger partial charge in [0.2, 0.25) is 10.0 Å². The third-order valence-electron chi connectivity index (χ3n) is 7.79. The number of fused-ring (bicyclic) bond motifs is 2. The van der Waals surface area contributed by atoms with E-state index in [1.54, 1.807) is 47.5 Å². The van der Waals surface area contributed by atoms with Gasteiger partial charge in [-0.2, -0.15) is 18.3 Å². The average molecular weight is 549 g/mol. The van der Waals surface area contributed by atoms with Crippen molar-refractivity contribution < 1.29 is 26.0 Å². The quantitative estimate of drug-likeness (QED) is 0.363. The van der Waals surface area contributed by atoms with Crippen molar-refractivity contribution in [2.45, 2.75) is 38.8 Å². The number of alkyl halides is 3. The van der Waals surface area contributed by atoms with Gasteiger partial charge in [0.15, 0.2) is 5.75 Å². The Kier molecular flexibility index (Phi) is 6.93. The van der Waals surface area contributed by atoms with E-state index in [9.17, 15) is 26.0 Å². The van der Waals surface area contributed by atoms with Gasteiger partial charge in [0, 0.05) is 25.5 Å². The Labute approximate surface area is 219 Å². The van der Waals surface area contributed by atoms with Crippen LogP contribution in [0.25, 0.3) is 11.8 Å². The normalized spacial score (nSPS) is 21.3. The summed E-state index contributed by atoms with van der Waals surface area (Å²) in [5.74, 6) is -2.37. The molecular weight excluding hydrogens is 520 g/mol. The Hall–Kier alpha value is -3.05. The summed E-state index contributed by atoms with van der Waals surface area (Å²) in [5.41, 5.74) is 4.11. The Bertz CT molecular complexity index is 1440. The highest BCUT2D eigenvalue weighted by Gasteiger charge is 2.48. The van der Waals surface area contributed by atoms with Gasteiger partial charge in [-0.1, -0.05) is 12.5 Å². The Balaban J connectivity index is 1.40. The van der Waals surface area contributed by atoms with E-state index in [0.29, 0.717) is 25.7 Å². The van der Waals surface area contributed by atoms with Crippen molar-refractivity contribution in [3.63, 3.8) is 0 Å². The zero-order valence-electron chi connectivity index (χ0n) is 20.8. The second-order valence-corrected chi connectivity index (χ2v) is 12.2. The van der Waals surface area contributed by atoms with Gasteiger partial charge in [0.1, 0.15) is 5.82 Å². The van der Waals surface area contributed by atoms with E-state index >= 15 is 0 Å². The molecule has 2 heterocycles. The molecule has 1 aromatic carbocycles. The van der Waals surface area contributed by atoms with Crippen molar-refractivity contribution in [1.29, 1.82) is 0 Å². The maximum atomic E-state index is 13.4. The number of hydrogen-bond donors (Lipinski definition) is 0. The Morgan fingerprint density at radius 1 is 1.13 bits per heavy atom. The molecule has 5 rings (SSSR count). The van der Waals surface area contributed by atoms with Crippen LogP contribution in [0.5, 0.6) is 0 Å². The zero-order chi connectivity index (χ0) is 27.1. The smallest absolute Gasteiger partial charge is 0.265 e. The second kappa shape index (κ2) is 9.92. The first kappa shape index (κ1) is 26.6. The van der Waals surface area contributed by atoms with E-state index in [2.05, 4.69) is 23.1 Å². The van der Waals surface area contributed by atoms with E-state index in [4.69, 9.17) is 0 Å². The van der Waals surface area contributed by atoms with Crippen LogP contribution in [0, 0.1) is 17.2 Å². The fourth-order valence-corrected chi connectivity index (χ4v) is 7.08. The van der Waals surface area contributed by atoms with Gasteiger partial charge in [-0.25, -0.2) is 21.8 Å². The molecule has 1 saturated carbocycles. The van der Waals surface area contributed by atoms with Gasteiger partial charge in [-0.15, -0.1) is 0 Å². The molecule has 38 heavy (non-hydrogen) atoms. The van der Waals surface area contributed by atoms with Crippen LogP contribution >= 0.6 is 0 Å². The number of rotatable bonds is 8. The highest BCUT2D eigenvalue weighted by atomic mass is 32.2. The second-order valence-electron chi connectivity index (χ2n) is 10.3. The fourth-order valence-electron chi connectivity index (χ4n) is 5.71. The Morgan fingerprint density at radius 3 is 2.53 bits per heavy atom. The number of sulfonamides is 1. The molecule has 0 saturated heterocycles. The van der Waals surface area contributed by atoms with Crippen LogP contribution in [-0.2, 0) is 22.9 Å². The van der Waals surface area contributed by atoms with Crippen LogP contribution in [0.1, 0.15) is 36.6 Å². The van der Waals surface area contributed by atoms with Crippen molar-refractivity contribution in [2.75, 3.05) is 18.8 Å². The topological polar surface area (TPSA) is 68.1 Å². The van der Waals surface area contributed by atoms with Gasteiger partial charge in [-0.05, 0) is 90.6 Å². The van der Waals surface area contributed by atoms with Gasteiger partial charge in [0.05, 0.1) is 17.6 Å². The van der Waals surface area contributed by atoms with Crippen molar-refractivity contribution >= 4 is 16.1 Å². The van der Waals surface area contributed by atoms with E-state index in [0.717, 1.165) is 32.4 Å². The maximum absolute atomic E-state index is 13.4. The fraction of sp³-hybridized carbons (Fsp3) is 0.407. The predicted molar refractivity (Wildman–Crippen MR) is 135 cm³/mol. The molecule has 3 aromatic rings. The number of halogens is 4. The van der Waals surface area contributed by atoms with Crippen molar-refractivity contribution in [3.8, 4) is 5.69 Å². The van der Waals surface area contributed by atoms with Crippen LogP contribution in [-0.4, -0.2) is 52.5 Å². The number of allylic oxidation sites excluding steroid dienone is 1. The number of aromatic nitrogens is 3. The molecule has 0 unspecified atom stereocenters. The summed E-state index contributed by atoms with van der Waals surface area (Å²) in [4.78, 5) is 3.94. The summed E-state index contributed by atoms with van der Waals surface area (Å²) in [6.45, 7) is 2.03. The molecule has 0 bridgehead atoms. The highest BCUT2D eigenvalue weighted by molar-refractivity contribution is 7.89. The molecule has 6 nitrogen and oxygen atoms in total. The van der Waals surface area contributed by atoms with Crippen molar-refractivity contribution in [2.24, 2.45) is 11.3 Å². The van der Waals surface area contributed by atoms with Crippen LogP contribution in [0.4, 0.5) is 17.6 Å². The van der Waals surface area contributed by atoms with Crippen LogP contribution in [0.15, 0.2) is 60.6 Å². The third-order valence-corrected chi connectivity index (χ3v) is 9.60. The molecule has 2 atom stereocenters. The van der Waals surface area contributed by atoms with E-state index in [-0.39, 0.29) is 24.8 Å². The van der Waals surface area contributed by atoms with E-state index < -0.39 is 27.4 Å². The predicted octanol–water partition coefficient (Wildman–Crippen LogP) is 5.20. The Morgan fingerprint density at radius 2 is 1.84 bits per heavy atom. The lowest BCUT2D eigenvalue weighted by Gasteiger charge is -2.38. The number of pyridine rings is 1. The summed E-state index contributed by atoms with van der Waals surface area (Å²) < 4.78 is 81.7. The molecule has 11 heteroatoms. The van der Waals surface area contributed by atoms with Crippen molar-refractivity contribution in [1.82, 2.24) is 19.1 Å². The molecule has 1 fully saturated rings. The minimum atomic E-state index is -4.83. The van der Waals surface area contributed by atoms with Crippen LogP contribution in [0.3, 0.4) is 0 Å². The molecule has 2 aliphatic rings. The molecular formula is C27H28F4N4O2S. The lowest BCUT2D eigenvalue weighted by atomic mass is 9.70. The SMILES string of the molecule is C[C@]12Cc3cnn(-c4ccc(F)cc4)c3C=C1CC[C@@H]2CN(CCc1ccncc1)S(=O)(=O)CC(F)(F)F. The lowest BCUT2D eigenvalue weighted by molar-refractivity contribution is -0.107. The summed E-state index contributed by atoms with van der Waals surface area (Å²) >= 11 is 0. The average Bonchev–Trinajstić information content (AvgIpc) is 3.39. The number of hydrogen-bond acceptors (Lipinski definition) is 4. The summed E-state index contributed by atoms with van der Waals surface area (Å²) in [6.07, 6.45) is 4.41. The molecule has 0 N–H and O–H groups in total. The number of nitrogens with zero attached hydrogens (tertiary/aromatic N) is 4. The first-order valence-electron chi connectivity index (χ1n) is 12.4. The largest absolute Gasteiger partial charge is 0.404 e. The van der Waals surface area contributed by atoms with E-state index in [1.807, 2.05) is 0 Å². The monoisotopic (exact) mass is 548 g/mol. The maximum Gasteiger partial charge on any atom is 0.404 e. The van der Waals surface area contributed by atoms with Crippen LogP contribution in [0.2, 0.25) is 0 Å². The zero-order valence-corrected chi connectivity index (χ0v) is 21.6. The first-order chi connectivity index (χ1) is 17.9.